The van der Waals surface area contributed by atoms with Crippen LogP contribution in [0.15, 0.2) is 53.2 Å². The molecule has 4 rings (SSSR count). The molecule has 2 aliphatic rings. The summed E-state index contributed by atoms with van der Waals surface area (Å²) in [6, 6.07) is 6.50. The van der Waals surface area contributed by atoms with Gasteiger partial charge in [-0.25, -0.2) is 9.78 Å². The Balaban J connectivity index is 1.61. The monoisotopic (exact) mass is 325 g/mol. The van der Waals surface area contributed by atoms with Gasteiger partial charge in [0.1, 0.15) is 24.2 Å². The number of allylic oxidation sites excluding steroid dienone is 2. The maximum Gasteiger partial charge on any atom is 0.335 e. The van der Waals surface area contributed by atoms with Gasteiger partial charge in [0.15, 0.2) is 0 Å². The third-order valence-corrected chi connectivity index (χ3v) is 3.99. The molecule has 2 aromatic rings. The highest BCUT2D eigenvalue weighted by Gasteiger charge is 2.26. The molecule has 2 heterocycles. The molecular weight excluding hydrogens is 310 g/mol. The fraction of sp³-hybridized carbons (Fsp3) is 0.222. The maximum atomic E-state index is 11.1. The van der Waals surface area contributed by atoms with E-state index in [2.05, 4.69) is 4.98 Å². The van der Waals surface area contributed by atoms with Gasteiger partial charge < -0.3 is 19.0 Å². The molecule has 0 bridgehead atoms. The Morgan fingerprint density at radius 1 is 1.21 bits per heavy atom. The Morgan fingerprint density at radius 3 is 2.88 bits per heavy atom. The van der Waals surface area contributed by atoms with Crippen molar-refractivity contribution in [1.29, 1.82) is 0 Å². The molecule has 0 radical (unpaired) electrons. The lowest BCUT2D eigenvalue weighted by molar-refractivity contribution is -0.101. The van der Waals surface area contributed by atoms with Crippen molar-refractivity contribution in [3.05, 3.63) is 60.0 Å². The number of benzene rings is 1. The number of hydrogen-bond acceptors (Lipinski definition) is 5. The number of carboxylic acids is 1. The Morgan fingerprint density at radius 2 is 2.04 bits per heavy atom. The minimum Gasteiger partial charge on any atom is -0.478 e. The van der Waals surface area contributed by atoms with Crippen LogP contribution in [0.1, 0.15) is 16.1 Å². The lowest BCUT2D eigenvalue weighted by Gasteiger charge is -2.30. The summed E-state index contributed by atoms with van der Waals surface area (Å²) >= 11 is 0. The standard InChI is InChI=1S/C18H15NO5/c20-18(21)13-3-1-2-12(8-13)17-19-14(10-24-17)11-4-5-15-16(9-11)23-7-6-22-15/h1-5,8-10,15-16H,6-7H2,(H,20,21). The summed E-state index contributed by atoms with van der Waals surface area (Å²) in [5.74, 6) is -0.604. The zero-order chi connectivity index (χ0) is 16.5. The molecule has 0 amide bonds. The average molecular weight is 325 g/mol. The number of oxazole rings is 1. The summed E-state index contributed by atoms with van der Waals surface area (Å²) < 4.78 is 16.8. The van der Waals surface area contributed by atoms with E-state index in [0.29, 0.717) is 30.4 Å². The van der Waals surface area contributed by atoms with Gasteiger partial charge in [0.05, 0.1) is 18.8 Å². The quantitative estimate of drug-likeness (QED) is 0.934. The summed E-state index contributed by atoms with van der Waals surface area (Å²) in [4.78, 5) is 15.5. The van der Waals surface area contributed by atoms with Gasteiger partial charge in [-0.3, -0.25) is 0 Å². The predicted octanol–water partition coefficient (Wildman–Crippen LogP) is 2.78. The van der Waals surface area contributed by atoms with Crippen LogP contribution >= 0.6 is 0 Å². The zero-order valence-corrected chi connectivity index (χ0v) is 12.7. The van der Waals surface area contributed by atoms with Crippen LogP contribution in [0, 0.1) is 0 Å². The highest BCUT2D eigenvalue weighted by atomic mass is 16.6. The van der Waals surface area contributed by atoms with Crippen molar-refractivity contribution in [1.82, 2.24) is 4.98 Å². The smallest absolute Gasteiger partial charge is 0.335 e. The van der Waals surface area contributed by atoms with Crippen LogP contribution in [0.5, 0.6) is 0 Å². The van der Waals surface area contributed by atoms with Crippen molar-refractivity contribution in [3.63, 3.8) is 0 Å². The summed E-state index contributed by atoms with van der Waals surface area (Å²) in [7, 11) is 0. The van der Waals surface area contributed by atoms with E-state index in [1.807, 2.05) is 18.2 Å². The van der Waals surface area contributed by atoms with Gasteiger partial charge in [-0.1, -0.05) is 18.2 Å². The van der Waals surface area contributed by atoms with Gasteiger partial charge in [-0.15, -0.1) is 0 Å². The van der Waals surface area contributed by atoms with Crippen LogP contribution in [0.4, 0.5) is 0 Å². The number of ether oxygens (including phenoxy) is 2. The van der Waals surface area contributed by atoms with E-state index in [1.165, 1.54) is 12.1 Å². The SMILES string of the molecule is O=C(O)c1cccc(-c2nc(C3=CC4OCCOC4C=C3)co2)c1. The van der Waals surface area contributed by atoms with E-state index in [4.69, 9.17) is 19.0 Å². The van der Waals surface area contributed by atoms with Crippen molar-refractivity contribution in [2.45, 2.75) is 12.2 Å². The summed E-state index contributed by atoms with van der Waals surface area (Å²) in [5, 5.41) is 9.08. The van der Waals surface area contributed by atoms with Crippen LogP contribution in [-0.4, -0.2) is 41.5 Å². The molecule has 2 atom stereocenters. The Bertz CT molecular complexity index is 835. The van der Waals surface area contributed by atoms with Gasteiger partial charge in [-0.2, -0.15) is 0 Å². The molecule has 1 aromatic carbocycles. The van der Waals surface area contributed by atoms with Crippen LogP contribution < -0.4 is 0 Å². The van der Waals surface area contributed by atoms with Gasteiger partial charge >= 0.3 is 5.97 Å². The number of carboxylic acid groups (broad SMARTS) is 1. The van der Waals surface area contributed by atoms with Crippen LogP contribution in [0.25, 0.3) is 17.0 Å². The lowest BCUT2D eigenvalue weighted by Crippen LogP contribution is -2.37. The molecule has 0 saturated carbocycles. The van der Waals surface area contributed by atoms with Crippen LogP contribution in [-0.2, 0) is 9.47 Å². The fourth-order valence-corrected chi connectivity index (χ4v) is 2.79. The first-order chi connectivity index (χ1) is 11.7. The first-order valence-corrected chi connectivity index (χ1v) is 7.63. The number of aromatic nitrogens is 1. The minimum atomic E-state index is -0.984. The summed E-state index contributed by atoms with van der Waals surface area (Å²) in [6.07, 6.45) is 7.25. The molecule has 6 heteroatoms. The number of aromatic carboxylic acids is 1. The number of hydrogen-bond donors (Lipinski definition) is 1. The zero-order valence-electron chi connectivity index (χ0n) is 12.7. The van der Waals surface area contributed by atoms with E-state index in [1.54, 1.807) is 18.4 Å². The number of nitrogens with zero attached hydrogens (tertiary/aromatic N) is 1. The second-order valence-electron chi connectivity index (χ2n) is 5.58. The van der Waals surface area contributed by atoms with Crippen molar-refractivity contribution in [2.24, 2.45) is 0 Å². The molecule has 1 aromatic heterocycles. The van der Waals surface area contributed by atoms with E-state index < -0.39 is 5.97 Å². The Hall–Kier alpha value is -2.70. The Labute approximate surface area is 138 Å². The highest BCUT2D eigenvalue weighted by molar-refractivity contribution is 5.89. The third kappa shape index (κ3) is 2.77. The minimum absolute atomic E-state index is 0.0545. The van der Waals surface area contributed by atoms with Gasteiger partial charge in [-0.05, 0) is 24.3 Å². The van der Waals surface area contributed by atoms with E-state index in [-0.39, 0.29) is 17.8 Å². The maximum absolute atomic E-state index is 11.1. The lowest BCUT2D eigenvalue weighted by atomic mass is 10.00. The first kappa shape index (κ1) is 14.9. The number of fused-ring (bicyclic) bond motifs is 1. The largest absolute Gasteiger partial charge is 0.478 e. The van der Waals surface area contributed by atoms with E-state index in [0.717, 1.165) is 5.57 Å². The van der Waals surface area contributed by atoms with E-state index in [9.17, 15) is 4.79 Å². The molecule has 1 saturated heterocycles. The van der Waals surface area contributed by atoms with Gasteiger partial charge in [0, 0.05) is 11.1 Å². The normalized spacial score (nSPS) is 22.8. The molecule has 1 fully saturated rings. The van der Waals surface area contributed by atoms with Gasteiger partial charge in [0.25, 0.3) is 0 Å². The number of rotatable bonds is 3. The molecular formula is C18H15NO5. The van der Waals surface area contributed by atoms with Crippen LogP contribution in [0.3, 0.4) is 0 Å². The molecule has 1 aliphatic carbocycles. The van der Waals surface area contributed by atoms with Crippen molar-refractivity contribution in [3.8, 4) is 11.5 Å². The molecule has 122 valence electrons. The van der Waals surface area contributed by atoms with Crippen molar-refractivity contribution >= 4 is 11.5 Å². The fourth-order valence-electron chi connectivity index (χ4n) is 2.79. The molecule has 2 unspecified atom stereocenters. The molecule has 24 heavy (non-hydrogen) atoms. The second kappa shape index (κ2) is 6.07. The molecule has 1 aliphatic heterocycles. The molecule has 1 N–H and O–H groups in total. The predicted molar refractivity (Wildman–Crippen MR) is 85.5 cm³/mol. The van der Waals surface area contributed by atoms with Crippen molar-refractivity contribution < 1.29 is 23.8 Å². The number of carbonyl (C=O) groups is 1. The van der Waals surface area contributed by atoms with E-state index >= 15 is 0 Å². The molecule has 0 spiro atoms. The average Bonchev–Trinajstić information content (AvgIpc) is 3.11. The topological polar surface area (TPSA) is 81.8 Å². The summed E-state index contributed by atoms with van der Waals surface area (Å²) in [6.45, 7) is 1.17. The van der Waals surface area contributed by atoms with Gasteiger partial charge in [0.2, 0.25) is 5.89 Å². The van der Waals surface area contributed by atoms with Crippen molar-refractivity contribution in [2.75, 3.05) is 13.2 Å². The Kier molecular flexibility index (Phi) is 3.76. The highest BCUT2D eigenvalue weighted by Crippen LogP contribution is 2.28. The first-order valence-electron chi connectivity index (χ1n) is 7.63. The van der Waals surface area contributed by atoms with Crippen LogP contribution in [0.2, 0.25) is 0 Å². The second-order valence-corrected chi connectivity index (χ2v) is 5.58. The third-order valence-electron chi connectivity index (χ3n) is 3.99. The molecule has 6 nitrogen and oxygen atoms in total. The summed E-state index contributed by atoms with van der Waals surface area (Å²) in [5.41, 5.74) is 2.39.